The van der Waals surface area contributed by atoms with E-state index in [2.05, 4.69) is 15.4 Å². The average molecular weight is 468 g/mol. The fraction of sp³-hybridized carbons (Fsp3) is 0.348. The van der Waals surface area contributed by atoms with Gasteiger partial charge in [0.25, 0.3) is 0 Å². The number of amides is 3. The summed E-state index contributed by atoms with van der Waals surface area (Å²) in [6, 6.07) is 7.77. The molecule has 1 atom stereocenters. The van der Waals surface area contributed by atoms with Crippen LogP contribution in [-0.4, -0.2) is 67.0 Å². The van der Waals surface area contributed by atoms with Crippen LogP contribution in [0.15, 0.2) is 41.6 Å². The molecule has 3 heterocycles. The molecule has 0 saturated carbocycles. The van der Waals surface area contributed by atoms with Crippen molar-refractivity contribution >= 4 is 35.8 Å². The van der Waals surface area contributed by atoms with Crippen molar-refractivity contribution in [2.24, 2.45) is 5.10 Å². The number of cyclic esters (lactones) is 1. The van der Waals surface area contributed by atoms with E-state index in [9.17, 15) is 18.8 Å². The Morgan fingerprint density at radius 2 is 2.06 bits per heavy atom. The molecule has 1 fully saturated rings. The number of Topliss-reactive ketones (excluding diaryl/α,β-unsaturated/α-hetero) is 1. The maximum absolute atomic E-state index is 14.9. The zero-order valence-electron chi connectivity index (χ0n) is 18.9. The van der Waals surface area contributed by atoms with E-state index in [1.54, 1.807) is 42.4 Å². The minimum absolute atomic E-state index is 0.0305. The number of hydrogen-bond donors (Lipinski definition) is 1. The highest BCUT2D eigenvalue weighted by molar-refractivity contribution is 5.90. The van der Waals surface area contributed by atoms with Crippen molar-refractivity contribution in [3.8, 4) is 11.1 Å². The van der Waals surface area contributed by atoms with E-state index >= 15 is 0 Å². The summed E-state index contributed by atoms with van der Waals surface area (Å²) in [5.41, 5.74) is 1.32. The van der Waals surface area contributed by atoms with E-state index in [1.165, 1.54) is 29.2 Å². The topological polar surface area (TPSA) is 107 Å². The highest BCUT2D eigenvalue weighted by Gasteiger charge is 2.32. The maximum atomic E-state index is 14.9. The van der Waals surface area contributed by atoms with Gasteiger partial charge in [-0.3, -0.25) is 4.90 Å². The number of ether oxygens (including phenoxy) is 1. The van der Waals surface area contributed by atoms with Gasteiger partial charge in [0.05, 0.1) is 18.8 Å². The Morgan fingerprint density at radius 1 is 1.24 bits per heavy atom. The third kappa shape index (κ3) is 4.98. The van der Waals surface area contributed by atoms with Gasteiger partial charge in [0.15, 0.2) is 0 Å². The standard InChI is InChI=1S/C23H25FN6O4/c1-15(31)3-6-18-13-29(23(33)34-18)17-5-7-19(20(24)11-17)16-4-8-21(26-12-16)28-9-10-30(27-14-28)22(32)25-2/h4-5,7-8,11-12,14,18H,3,6,9-10,13H2,1-2H3,(H,25,32)/t18-/m0/s1. The van der Waals surface area contributed by atoms with Crippen LogP contribution in [0.1, 0.15) is 19.8 Å². The molecule has 1 aromatic heterocycles. The molecule has 2 aliphatic heterocycles. The molecule has 11 heteroatoms. The lowest BCUT2D eigenvalue weighted by Crippen LogP contribution is -2.44. The Hall–Kier alpha value is -4.02. The summed E-state index contributed by atoms with van der Waals surface area (Å²) in [6.45, 7) is 2.69. The van der Waals surface area contributed by atoms with E-state index in [0.29, 0.717) is 48.6 Å². The van der Waals surface area contributed by atoms with Crippen molar-refractivity contribution < 1.29 is 23.5 Å². The van der Waals surface area contributed by atoms with Crippen LogP contribution in [-0.2, 0) is 9.53 Å². The first-order valence-electron chi connectivity index (χ1n) is 10.9. The fourth-order valence-corrected chi connectivity index (χ4v) is 3.77. The Labute approximate surface area is 196 Å². The number of carbonyl (C=O) groups is 3. The molecular weight excluding hydrogens is 443 g/mol. The lowest BCUT2D eigenvalue weighted by atomic mass is 10.1. The molecule has 1 aromatic carbocycles. The van der Waals surface area contributed by atoms with Gasteiger partial charge in [0.2, 0.25) is 0 Å². The zero-order chi connectivity index (χ0) is 24.2. The molecule has 1 saturated heterocycles. The summed E-state index contributed by atoms with van der Waals surface area (Å²) in [4.78, 5) is 42.6. The summed E-state index contributed by atoms with van der Waals surface area (Å²) in [6.07, 6.45) is 2.92. The number of benzene rings is 1. The number of aromatic nitrogens is 1. The molecule has 3 amide bonds. The Bertz CT molecular complexity index is 1120. The lowest BCUT2D eigenvalue weighted by Gasteiger charge is -2.27. The van der Waals surface area contributed by atoms with Crippen molar-refractivity contribution in [1.82, 2.24) is 15.3 Å². The van der Waals surface area contributed by atoms with Gasteiger partial charge in [-0.15, -0.1) is 0 Å². The monoisotopic (exact) mass is 468 g/mol. The van der Waals surface area contributed by atoms with Crippen LogP contribution < -0.4 is 15.1 Å². The van der Waals surface area contributed by atoms with E-state index in [4.69, 9.17) is 4.74 Å². The van der Waals surface area contributed by atoms with Gasteiger partial charge in [0, 0.05) is 37.3 Å². The highest BCUT2D eigenvalue weighted by Crippen LogP contribution is 2.30. The fourth-order valence-electron chi connectivity index (χ4n) is 3.77. The Kier molecular flexibility index (Phi) is 6.71. The van der Waals surface area contributed by atoms with Gasteiger partial charge in [-0.05, 0) is 43.7 Å². The number of ketones is 1. The summed E-state index contributed by atoms with van der Waals surface area (Å²) in [7, 11) is 1.54. The van der Waals surface area contributed by atoms with Gasteiger partial charge in [-0.2, -0.15) is 5.10 Å². The SMILES string of the molecule is CNC(=O)N1CCN(c2ccc(-c3ccc(N4C[C@H](CCC(C)=O)OC4=O)cc3F)cn2)C=N1. The highest BCUT2D eigenvalue weighted by atomic mass is 19.1. The van der Waals surface area contributed by atoms with Gasteiger partial charge < -0.3 is 19.7 Å². The first kappa shape index (κ1) is 23.1. The number of anilines is 2. The number of nitrogens with one attached hydrogen (secondary N) is 1. The molecule has 2 aliphatic rings. The first-order chi connectivity index (χ1) is 16.4. The van der Waals surface area contributed by atoms with E-state index in [1.807, 2.05) is 0 Å². The van der Waals surface area contributed by atoms with Crippen molar-refractivity contribution in [2.45, 2.75) is 25.9 Å². The number of carbonyl (C=O) groups excluding carboxylic acids is 3. The number of hydrogen-bond acceptors (Lipinski definition) is 7. The quantitative estimate of drug-likeness (QED) is 0.699. The van der Waals surface area contributed by atoms with E-state index < -0.39 is 18.0 Å². The average Bonchev–Trinajstić information content (AvgIpc) is 3.23. The molecule has 0 unspecified atom stereocenters. The van der Waals surface area contributed by atoms with E-state index in [-0.39, 0.29) is 18.4 Å². The lowest BCUT2D eigenvalue weighted by molar-refractivity contribution is -0.117. The number of rotatable bonds is 6. The second-order valence-electron chi connectivity index (χ2n) is 8.03. The zero-order valence-corrected chi connectivity index (χ0v) is 18.9. The molecule has 10 nitrogen and oxygen atoms in total. The first-order valence-corrected chi connectivity index (χ1v) is 10.9. The van der Waals surface area contributed by atoms with Crippen LogP contribution in [0.3, 0.4) is 0 Å². The molecule has 0 aliphatic carbocycles. The molecule has 1 N–H and O–H groups in total. The number of urea groups is 1. The van der Waals surface area contributed by atoms with Gasteiger partial charge in [-0.25, -0.2) is 24.0 Å². The van der Waals surface area contributed by atoms with Crippen molar-refractivity contribution in [1.29, 1.82) is 0 Å². The van der Waals surface area contributed by atoms with Crippen LogP contribution in [0, 0.1) is 5.82 Å². The van der Waals surface area contributed by atoms with Crippen molar-refractivity contribution in [3.05, 3.63) is 42.3 Å². The predicted molar refractivity (Wildman–Crippen MR) is 124 cm³/mol. The third-order valence-corrected chi connectivity index (χ3v) is 5.64. The van der Waals surface area contributed by atoms with Crippen LogP contribution in [0.2, 0.25) is 0 Å². The van der Waals surface area contributed by atoms with Crippen molar-refractivity contribution in [2.75, 3.05) is 36.5 Å². The smallest absolute Gasteiger partial charge is 0.414 e. The third-order valence-electron chi connectivity index (χ3n) is 5.64. The largest absolute Gasteiger partial charge is 0.444 e. The Balaban J connectivity index is 1.44. The second-order valence-corrected chi connectivity index (χ2v) is 8.03. The normalized spacial score (nSPS) is 17.7. The molecule has 0 spiro atoms. The number of halogens is 1. The molecular formula is C23H25FN6O4. The number of pyridine rings is 1. The van der Waals surface area contributed by atoms with Crippen LogP contribution >= 0.6 is 0 Å². The summed E-state index contributed by atoms with van der Waals surface area (Å²) < 4.78 is 20.2. The minimum Gasteiger partial charge on any atom is -0.444 e. The summed E-state index contributed by atoms with van der Waals surface area (Å²) in [5, 5.41) is 7.94. The van der Waals surface area contributed by atoms with Gasteiger partial charge in [0.1, 0.15) is 29.9 Å². The molecule has 178 valence electrons. The van der Waals surface area contributed by atoms with Gasteiger partial charge >= 0.3 is 12.1 Å². The molecule has 0 bridgehead atoms. The molecule has 34 heavy (non-hydrogen) atoms. The van der Waals surface area contributed by atoms with E-state index in [0.717, 1.165) is 0 Å². The second kappa shape index (κ2) is 9.86. The van der Waals surface area contributed by atoms with Crippen molar-refractivity contribution in [3.63, 3.8) is 0 Å². The number of hydrazone groups is 1. The molecule has 0 radical (unpaired) electrons. The molecule has 2 aromatic rings. The number of nitrogens with zero attached hydrogens (tertiary/aromatic N) is 5. The Morgan fingerprint density at radius 3 is 2.68 bits per heavy atom. The molecule has 4 rings (SSSR count). The van der Waals surface area contributed by atoms with Gasteiger partial charge in [-0.1, -0.05) is 0 Å². The maximum Gasteiger partial charge on any atom is 0.414 e. The van der Waals surface area contributed by atoms with Crippen LogP contribution in [0.25, 0.3) is 11.1 Å². The summed E-state index contributed by atoms with van der Waals surface area (Å²) in [5.74, 6) is 0.160. The minimum atomic E-state index is -0.551. The predicted octanol–water partition coefficient (Wildman–Crippen LogP) is 2.99. The summed E-state index contributed by atoms with van der Waals surface area (Å²) >= 11 is 0. The van der Waals surface area contributed by atoms with Crippen LogP contribution in [0.5, 0.6) is 0 Å². The van der Waals surface area contributed by atoms with Crippen LogP contribution in [0.4, 0.5) is 25.5 Å².